The Morgan fingerprint density at radius 3 is 2.32 bits per heavy atom. The van der Waals surface area contributed by atoms with Gasteiger partial charge in [0.05, 0.1) is 22.5 Å². The van der Waals surface area contributed by atoms with E-state index in [0.717, 1.165) is 36.4 Å². The van der Waals surface area contributed by atoms with Gasteiger partial charge in [-0.2, -0.15) is 5.26 Å². The summed E-state index contributed by atoms with van der Waals surface area (Å²) in [6.45, 7) is 0. The standard InChI is InChI=1S/C27H17F5N2O3/c28-13-10-19-22(20(35)11-13)21(15-3-4-16(26(36)37)24(32)23(15)31)25(27(8-9-33)6-1-7-27)34(19)14-2-5-17(29)18(30)12-14/h2-5,10-12,35H,1,6-8H2,(H,36,37). The lowest BCUT2D eigenvalue weighted by Gasteiger charge is -2.42. The molecule has 5 rings (SSSR count). The minimum Gasteiger partial charge on any atom is -0.507 e. The molecule has 5 nitrogen and oxygen atoms in total. The Bertz CT molecular complexity index is 1650. The molecule has 0 radical (unpaired) electrons. The van der Waals surface area contributed by atoms with Crippen molar-refractivity contribution in [3.05, 3.63) is 82.8 Å². The van der Waals surface area contributed by atoms with Crippen molar-refractivity contribution < 1.29 is 37.0 Å². The van der Waals surface area contributed by atoms with Gasteiger partial charge in [0.2, 0.25) is 0 Å². The van der Waals surface area contributed by atoms with Gasteiger partial charge in [0.15, 0.2) is 23.3 Å². The van der Waals surface area contributed by atoms with Gasteiger partial charge in [-0.25, -0.2) is 26.7 Å². The SMILES string of the molecule is N#CCC1(c2c(-c3ccc(C(=O)O)c(F)c3F)c3c(O)cc(F)cc3n2-c2ccc(F)c(F)c2)CCC1. The molecule has 0 spiro atoms. The predicted octanol–water partition coefficient (Wildman–Crippen LogP) is 6.73. The molecule has 37 heavy (non-hydrogen) atoms. The van der Waals surface area contributed by atoms with E-state index in [0.29, 0.717) is 19.3 Å². The number of hydrogen-bond donors (Lipinski definition) is 2. The van der Waals surface area contributed by atoms with E-state index < -0.39 is 57.3 Å². The Balaban J connectivity index is 2.00. The highest BCUT2D eigenvalue weighted by Crippen LogP contribution is 2.54. The van der Waals surface area contributed by atoms with Gasteiger partial charge in [0, 0.05) is 46.5 Å². The first-order valence-electron chi connectivity index (χ1n) is 11.2. The predicted molar refractivity (Wildman–Crippen MR) is 123 cm³/mol. The van der Waals surface area contributed by atoms with Gasteiger partial charge in [-0.1, -0.05) is 12.5 Å². The second-order valence-corrected chi connectivity index (χ2v) is 9.04. The summed E-state index contributed by atoms with van der Waals surface area (Å²) in [5.41, 5.74) is -2.32. The van der Waals surface area contributed by atoms with E-state index in [2.05, 4.69) is 6.07 Å². The van der Waals surface area contributed by atoms with Crippen LogP contribution in [0.4, 0.5) is 22.0 Å². The van der Waals surface area contributed by atoms with E-state index in [1.807, 2.05) is 0 Å². The molecule has 0 amide bonds. The number of fused-ring (bicyclic) bond motifs is 1. The molecule has 4 aromatic rings. The van der Waals surface area contributed by atoms with E-state index in [9.17, 15) is 37.8 Å². The van der Waals surface area contributed by atoms with Gasteiger partial charge < -0.3 is 14.8 Å². The molecule has 188 valence electrons. The van der Waals surface area contributed by atoms with Gasteiger partial charge in [0.25, 0.3) is 0 Å². The zero-order chi connectivity index (χ0) is 26.6. The summed E-state index contributed by atoms with van der Waals surface area (Å²) in [7, 11) is 0. The molecule has 0 bridgehead atoms. The summed E-state index contributed by atoms with van der Waals surface area (Å²) in [4.78, 5) is 11.3. The molecule has 0 atom stereocenters. The molecule has 1 aliphatic carbocycles. The summed E-state index contributed by atoms with van der Waals surface area (Å²) < 4.78 is 74.3. The minimum atomic E-state index is -1.70. The third-order valence-electron chi connectivity index (χ3n) is 6.99. The van der Waals surface area contributed by atoms with E-state index in [4.69, 9.17) is 0 Å². The van der Waals surface area contributed by atoms with Gasteiger partial charge in [-0.15, -0.1) is 0 Å². The molecule has 0 saturated heterocycles. The number of rotatable bonds is 5. The van der Waals surface area contributed by atoms with Crippen molar-refractivity contribution in [2.24, 2.45) is 0 Å². The van der Waals surface area contributed by atoms with E-state index in [1.165, 1.54) is 10.6 Å². The molecule has 0 aliphatic heterocycles. The topological polar surface area (TPSA) is 86.2 Å². The number of phenolic OH excluding ortho intramolecular Hbond substituents is 1. The van der Waals surface area contributed by atoms with Crippen LogP contribution < -0.4 is 0 Å². The number of benzene rings is 3. The number of aromatic nitrogens is 1. The maximum Gasteiger partial charge on any atom is 0.338 e. The van der Waals surface area contributed by atoms with Crippen molar-refractivity contribution in [1.82, 2.24) is 4.57 Å². The summed E-state index contributed by atoms with van der Waals surface area (Å²) in [5.74, 6) is -8.77. The number of carbonyl (C=O) groups is 1. The van der Waals surface area contributed by atoms with Crippen molar-refractivity contribution >= 4 is 16.9 Å². The number of phenols is 1. The number of nitrogens with zero attached hydrogens (tertiary/aromatic N) is 2. The Morgan fingerprint density at radius 1 is 1.00 bits per heavy atom. The smallest absolute Gasteiger partial charge is 0.338 e. The number of nitriles is 1. The fourth-order valence-electron chi connectivity index (χ4n) is 5.18. The summed E-state index contributed by atoms with van der Waals surface area (Å²) in [6.07, 6.45) is 1.39. The number of halogens is 5. The van der Waals surface area contributed by atoms with Crippen LogP contribution >= 0.6 is 0 Å². The second-order valence-electron chi connectivity index (χ2n) is 9.04. The highest BCUT2D eigenvalue weighted by atomic mass is 19.2. The first-order valence-corrected chi connectivity index (χ1v) is 11.2. The molecule has 1 saturated carbocycles. The van der Waals surface area contributed by atoms with Crippen molar-refractivity contribution in [3.63, 3.8) is 0 Å². The number of aromatic carboxylic acids is 1. The first kappa shape index (κ1) is 24.3. The minimum absolute atomic E-state index is 0.00222. The summed E-state index contributed by atoms with van der Waals surface area (Å²) in [6, 6.07) is 8.62. The maximum atomic E-state index is 15.5. The molecule has 0 unspecified atom stereocenters. The number of aromatic hydroxyl groups is 1. The van der Waals surface area contributed by atoms with Gasteiger partial charge >= 0.3 is 5.97 Å². The van der Waals surface area contributed by atoms with Crippen molar-refractivity contribution in [2.45, 2.75) is 31.1 Å². The normalized spacial score (nSPS) is 14.4. The zero-order valence-corrected chi connectivity index (χ0v) is 19.0. The van der Waals surface area contributed by atoms with Crippen LogP contribution in [0.3, 0.4) is 0 Å². The molecule has 2 N–H and O–H groups in total. The van der Waals surface area contributed by atoms with Crippen LogP contribution in [0.5, 0.6) is 5.75 Å². The molecule has 1 aliphatic rings. The average molecular weight is 512 g/mol. The van der Waals surface area contributed by atoms with Crippen molar-refractivity contribution in [1.29, 1.82) is 5.26 Å². The fourth-order valence-corrected chi connectivity index (χ4v) is 5.18. The first-order chi connectivity index (χ1) is 17.6. The van der Waals surface area contributed by atoms with Crippen LogP contribution in [-0.4, -0.2) is 20.7 Å². The van der Waals surface area contributed by atoms with Gasteiger partial charge in [-0.3, -0.25) is 0 Å². The van der Waals surface area contributed by atoms with Crippen LogP contribution in [0.25, 0.3) is 27.7 Å². The fraction of sp³-hybridized carbons (Fsp3) is 0.185. The third-order valence-corrected chi connectivity index (χ3v) is 6.99. The van der Waals surface area contributed by atoms with Crippen molar-refractivity contribution in [2.75, 3.05) is 0 Å². The second kappa shape index (κ2) is 8.62. The molecule has 10 heteroatoms. The van der Waals surface area contributed by atoms with Crippen LogP contribution in [0.1, 0.15) is 41.7 Å². The van der Waals surface area contributed by atoms with E-state index >= 15 is 4.39 Å². The average Bonchev–Trinajstić information content (AvgIpc) is 3.14. The van der Waals surface area contributed by atoms with Crippen LogP contribution in [0.15, 0.2) is 42.5 Å². The van der Waals surface area contributed by atoms with Gasteiger partial charge in [0.1, 0.15) is 11.6 Å². The van der Waals surface area contributed by atoms with Crippen molar-refractivity contribution in [3.8, 4) is 28.6 Å². The lowest BCUT2D eigenvalue weighted by Crippen LogP contribution is -2.36. The van der Waals surface area contributed by atoms with E-state index in [-0.39, 0.29) is 34.3 Å². The molecular weight excluding hydrogens is 495 g/mol. The van der Waals surface area contributed by atoms with E-state index in [1.54, 1.807) is 0 Å². The van der Waals surface area contributed by atoms with Crippen LogP contribution in [-0.2, 0) is 5.41 Å². The van der Waals surface area contributed by atoms with Crippen LogP contribution in [0, 0.1) is 40.4 Å². The quantitative estimate of drug-likeness (QED) is 0.290. The number of carboxylic acids is 1. The number of hydrogen-bond acceptors (Lipinski definition) is 3. The van der Waals surface area contributed by atoms with Gasteiger partial charge in [-0.05, 0) is 37.1 Å². The maximum absolute atomic E-state index is 15.5. The summed E-state index contributed by atoms with van der Waals surface area (Å²) in [5, 5.41) is 29.5. The highest BCUT2D eigenvalue weighted by molar-refractivity contribution is 6.04. The monoisotopic (exact) mass is 512 g/mol. The summed E-state index contributed by atoms with van der Waals surface area (Å²) >= 11 is 0. The largest absolute Gasteiger partial charge is 0.507 e. The highest BCUT2D eigenvalue weighted by Gasteiger charge is 2.45. The molecular formula is C27H17F5N2O3. The lowest BCUT2D eigenvalue weighted by molar-refractivity contribution is 0.0690. The number of carboxylic acid groups (broad SMARTS) is 1. The zero-order valence-electron chi connectivity index (χ0n) is 19.0. The molecule has 3 aromatic carbocycles. The Labute approximate surface area is 206 Å². The third kappa shape index (κ3) is 3.61. The molecule has 1 heterocycles. The Hall–Kier alpha value is -4.39. The molecule has 1 fully saturated rings. The van der Waals surface area contributed by atoms with Crippen LogP contribution in [0.2, 0.25) is 0 Å². The Kier molecular flexibility index (Phi) is 5.67. The Morgan fingerprint density at radius 2 is 1.73 bits per heavy atom. The molecule has 1 aromatic heterocycles. The lowest BCUT2D eigenvalue weighted by atomic mass is 9.63.